The molecule has 2 aromatic rings. The molecule has 1 aromatic heterocycles. The normalized spacial score (nSPS) is 15.4. The number of aromatic nitrogens is 3. The number of benzene rings is 1. The second-order valence-corrected chi connectivity index (χ2v) is 7.11. The lowest BCUT2D eigenvalue weighted by Crippen LogP contribution is -2.19. The van der Waals surface area contributed by atoms with Crippen LogP contribution in [0.4, 0.5) is 0 Å². The molecule has 6 nitrogen and oxygen atoms in total. The number of primary sulfonamides is 1. The molecule has 1 aromatic carbocycles. The summed E-state index contributed by atoms with van der Waals surface area (Å²) in [5.74, 6) is 0.662. The van der Waals surface area contributed by atoms with Crippen LogP contribution in [0.1, 0.15) is 41.4 Å². The highest BCUT2D eigenvalue weighted by atomic mass is 32.2. The first-order chi connectivity index (χ1) is 9.86. The van der Waals surface area contributed by atoms with E-state index in [1.54, 1.807) is 4.57 Å². The van der Waals surface area contributed by atoms with Crippen LogP contribution >= 0.6 is 0 Å². The lowest BCUT2D eigenvalue weighted by Gasteiger charge is -2.10. The van der Waals surface area contributed by atoms with Gasteiger partial charge in [-0.2, -0.15) is 0 Å². The predicted octanol–water partition coefficient (Wildman–Crippen LogP) is 1.47. The van der Waals surface area contributed by atoms with Crippen LogP contribution in [-0.4, -0.2) is 23.2 Å². The number of hydrogen-bond acceptors (Lipinski definition) is 4. The van der Waals surface area contributed by atoms with Crippen LogP contribution < -0.4 is 5.14 Å². The molecule has 1 aliphatic rings. The lowest BCUT2D eigenvalue weighted by atomic mass is 10.0. The number of aryl methyl sites for hydroxylation is 2. The highest BCUT2D eigenvalue weighted by molar-refractivity contribution is 7.89. The molecule has 0 bridgehead atoms. The van der Waals surface area contributed by atoms with Crippen molar-refractivity contribution in [1.29, 1.82) is 0 Å². The van der Waals surface area contributed by atoms with Crippen LogP contribution in [-0.2, 0) is 16.4 Å². The van der Waals surface area contributed by atoms with Crippen molar-refractivity contribution in [2.75, 3.05) is 0 Å². The summed E-state index contributed by atoms with van der Waals surface area (Å²) in [5.41, 5.74) is 3.45. The first-order valence-electron chi connectivity index (χ1n) is 6.89. The number of nitrogens with two attached hydrogens (primary N) is 1. The molecule has 0 atom stereocenters. The van der Waals surface area contributed by atoms with Gasteiger partial charge < -0.3 is 0 Å². The van der Waals surface area contributed by atoms with Gasteiger partial charge >= 0.3 is 0 Å². The molecule has 112 valence electrons. The van der Waals surface area contributed by atoms with Gasteiger partial charge in [-0.05, 0) is 37.8 Å². The summed E-state index contributed by atoms with van der Waals surface area (Å²) in [4.78, 5) is 0. The van der Waals surface area contributed by atoms with Gasteiger partial charge in [0.15, 0.2) is 0 Å². The van der Waals surface area contributed by atoms with Crippen LogP contribution in [0.25, 0.3) is 0 Å². The highest BCUT2D eigenvalue weighted by Crippen LogP contribution is 2.37. The average Bonchev–Trinajstić information content (AvgIpc) is 3.14. The van der Waals surface area contributed by atoms with Crippen molar-refractivity contribution in [1.82, 2.24) is 14.8 Å². The Bertz CT molecular complexity index is 791. The Kier molecular flexibility index (Phi) is 3.33. The van der Waals surface area contributed by atoms with Gasteiger partial charge in [0.05, 0.1) is 0 Å². The first-order valence-corrected chi connectivity index (χ1v) is 8.43. The van der Waals surface area contributed by atoms with Crippen molar-refractivity contribution in [2.24, 2.45) is 5.14 Å². The molecule has 21 heavy (non-hydrogen) atoms. The summed E-state index contributed by atoms with van der Waals surface area (Å²) in [6.45, 7) is 4.07. The standard InChI is InChI=1S/C14H18N4O2S/c1-9-3-4-10(2)11(7-9)8-13-16-17-14(21(15,19)20)18(13)12-5-6-12/h3-4,7,12H,5-6,8H2,1-2H3,(H2,15,19,20). The summed E-state index contributed by atoms with van der Waals surface area (Å²) in [6, 6.07) is 6.37. The number of sulfonamides is 1. The van der Waals surface area contributed by atoms with Crippen molar-refractivity contribution in [3.05, 3.63) is 40.7 Å². The minimum Gasteiger partial charge on any atom is -0.297 e. The van der Waals surface area contributed by atoms with Gasteiger partial charge in [-0.3, -0.25) is 4.57 Å². The van der Waals surface area contributed by atoms with Crippen LogP contribution in [0.15, 0.2) is 23.4 Å². The van der Waals surface area contributed by atoms with E-state index in [1.165, 1.54) is 5.56 Å². The Morgan fingerprint density at radius 2 is 2.00 bits per heavy atom. The largest absolute Gasteiger partial charge is 0.297 e. The van der Waals surface area contributed by atoms with Gasteiger partial charge in [-0.25, -0.2) is 13.6 Å². The van der Waals surface area contributed by atoms with Crippen molar-refractivity contribution >= 4 is 10.0 Å². The Morgan fingerprint density at radius 1 is 1.29 bits per heavy atom. The maximum Gasteiger partial charge on any atom is 0.273 e. The monoisotopic (exact) mass is 306 g/mol. The van der Waals surface area contributed by atoms with Gasteiger partial charge in [-0.15, -0.1) is 10.2 Å². The smallest absolute Gasteiger partial charge is 0.273 e. The van der Waals surface area contributed by atoms with E-state index < -0.39 is 10.0 Å². The molecule has 0 unspecified atom stereocenters. The van der Waals surface area contributed by atoms with E-state index >= 15 is 0 Å². The molecular weight excluding hydrogens is 288 g/mol. The highest BCUT2D eigenvalue weighted by Gasteiger charge is 2.33. The van der Waals surface area contributed by atoms with Gasteiger partial charge in [0, 0.05) is 12.5 Å². The zero-order valence-electron chi connectivity index (χ0n) is 12.1. The molecule has 0 amide bonds. The van der Waals surface area contributed by atoms with Crippen LogP contribution in [0.2, 0.25) is 0 Å². The van der Waals surface area contributed by atoms with Gasteiger partial charge in [-0.1, -0.05) is 23.8 Å². The van der Waals surface area contributed by atoms with Crippen molar-refractivity contribution in [3.8, 4) is 0 Å². The Morgan fingerprint density at radius 3 is 2.62 bits per heavy atom. The molecule has 0 saturated heterocycles. The number of nitrogens with zero attached hydrogens (tertiary/aromatic N) is 3. The van der Waals surface area contributed by atoms with E-state index in [9.17, 15) is 8.42 Å². The van der Waals surface area contributed by atoms with Crippen molar-refractivity contribution in [2.45, 2.75) is 44.3 Å². The summed E-state index contributed by atoms with van der Waals surface area (Å²) >= 11 is 0. The Balaban J connectivity index is 2.03. The maximum atomic E-state index is 11.6. The minimum absolute atomic E-state index is 0.120. The van der Waals surface area contributed by atoms with Crippen LogP contribution in [0.3, 0.4) is 0 Å². The van der Waals surface area contributed by atoms with E-state index in [1.807, 2.05) is 13.8 Å². The molecule has 1 heterocycles. The first kappa shape index (κ1) is 14.2. The maximum absolute atomic E-state index is 11.6. The van der Waals surface area contributed by atoms with E-state index in [0.717, 1.165) is 24.0 Å². The third kappa shape index (κ3) is 2.84. The van der Waals surface area contributed by atoms with E-state index in [4.69, 9.17) is 5.14 Å². The quantitative estimate of drug-likeness (QED) is 0.926. The molecule has 1 aliphatic carbocycles. The molecule has 3 rings (SSSR count). The molecule has 0 aliphatic heterocycles. The summed E-state index contributed by atoms with van der Waals surface area (Å²) in [6.07, 6.45) is 2.45. The van der Waals surface area contributed by atoms with Crippen molar-refractivity contribution < 1.29 is 8.42 Å². The van der Waals surface area contributed by atoms with Gasteiger partial charge in [0.2, 0.25) is 0 Å². The van der Waals surface area contributed by atoms with E-state index in [2.05, 4.69) is 28.4 Å². The lowest BCUT2D eigenvalue weighted by molar-refractivity contribution is 0.560. The number of rotatable bonds is 4. The summed E-state index contributed by atoms with van der Waals surface area (Å²) in [7, 11) is -3.84. The SMILES string of the molecule is Cc1ccc(C)c(Cc2nnc(S(N)(=O)=O)n2C2CC2)c1. The van der Waals surface area contributed by atoms with Gasteiger partial charge in [0.25, 0.3) is 15.2 Å². The minimum atomic E-state index is -3.84. The predicted molar refractivity (Wildman–Crippen MR) is 78.4 cm³/mol. The molecule has 1 saturated carbocycles. The van der Waals surface area contributed by atoms with E-state index in [-0.39, 0.29) is 11.2 Å². The molecular formula is C14H18N4O2S. The molecule has 1 fully saturated rings. The summed E-state index contributed by atoms with van der Waals surface area (Å²) in [5, 5.41) is 13.0. The fourth-order valence-corrected chi connectivity index (χ4v) is 3.17. The van der Waals surface area contributed by atoms with E-state index in [0.29, 0.717) is 12.2 Å². The van der Waals surface area contributed by atoms with Crippen molar-refractivity contribution in [3.63, 3.8) is 0 Å². The fourth-order valence-electron chi connectivity index (χ4n) is 2.48. The second-order valence-electron chi connectivity index (χ2n) is 5.65. The zero-order valence-corrected chi connectivity index (χ0v) is 12.9. The average molecular weight is 306 g/mol. The third-order valence-corrected chi connectivity index (χ3v) is 4.54. The topological polar surface area (TPSA) is 90.9 Å². The second kappa shape index (κ2) is 4.92. The fraction of sp³-hybridized carbons (Fsp3) is 0.429. The molecule has 2 N–H and O–H groups in total. The summed E-state index contributed by atoms with van der Waals surface area (Å²) < 4.78 is 24.9. The van der Waals surface area contributed by atoms with Crippen LogP contribution in [0.5, 0.6) is 0 Å². The number of hydrogen-bond donors (Lipinski definition) is 1. The third-order valence-electron chi connectivity index (χ3n) is 3.75. The van der Waals surface area contributed by atoms with Crippen LogP contribution in [0, 0.1) is 13.8 Å². The zero-order chi connectivity index (χ0) is 15.2. The Labute approximate surface area is 124 Å². The molecule has 0 radical (unpaired) electrons. The molecule has 7 heteroatoms. The van der Waals surface area contributed by atoms with Gasteiger partial charge in [0.1, 0.15) is 5.82 Å². The Hall–Kier alpha value is -1.73. The molecule has 0 spiro atoms.